The van der Waals surface area contributed by atoms with Crippen molar-refractivity contribution in [1.82, 2.24) is 0 Å². The second-order valence-corrected chi connectivity index (χ2v) is 10.4. The van der Waals surface area contributed by atoms with Crippen LogP contribution in [0, 0.1) is 0 Å². The summed E-state index contributed by atoms with van der Waals surface area (Å²) in [4.78, 5) is 31.2. The summed E-state index contributed by atoms with van der Waals surface area (Å²) in [5.41, 5.74) is 0. The summed E-state index contributed by atoms with van der Waals surface area (Å²) in [6.07, 6.45) is 0.252. The topological polar surface area (TPSA) is 148 Å². The third-order valence-electron chi connectivity index (χ3n) is 2.14. The van der Waals surface area contributed by atoms with Gasteiger partial charge in [0.25, 0.3) is 0 Å². The monoisotopic (exact) mass is 438 g/mol. The second kappa shape index (κ2) is 18.4. The molecule has 0 saturated carbocycles. The van der Waals surface area contributed by atoms with E-state index in [1.807, 2.05) is 0 Å². The summed E-state index contributed by atoms with van der Waals surface area (Å²) >= 11 is 0. The van der Waals surface area contributed by atoms with Gasteiger partial charge in [0.2, 0.25) is 0 Å². The molecule has 0 spiro atoms. The van der Waals surface area contributed by atoms with Crippen molar-refractivity contribution >= 4 is 40.1 Å². The molecule has 0 N–H and O–H groups in total. The van der Waals surface area contributed by atoms with Gasteiger partial charge in [0, 0.05) is 18.5 Å². The van der Waals surface area contributed by atoms with Gasteiger partial charge >= 0.3 is 17.4 Å². The van der Waals surface area contributed by atoms with Crippen molar-refractivity contribution in [3.63, 3.8) is 0 Å². The number of rotatable bonds is 9. The molecule has 0 aliphatic carbocycles. The summed E-state index contributed by atoms with van der Waals surface area (Å²) < 4.78 is 44.4. The van der Waals surface area contributed by atoms with Crippen LogP contribution in [0.2, 0.25) is 0 Å². The van der Waals surface area contributed by atoms with Crippen LogP contribution >= 0.6 is 22.8 Å². The minimum atomic E-state index is -3.42. The average Bonchev–Trinajstić information content (AvgIpc) is 2.48. The second-order valence-electron chi connectivity index (χ2n) is 4.03. The fourth-order valence-electron chi connectivity index (χ4n) is 0.864. The predicted octanol–water partition coefficient (Wildman–Crippen LogP) is 1.41. The molecule has 0 bridgehead atoms. The van der Waals surface area contributed by atoms with Crippen LogP contribution in [0.5, 0.6) is 0 Å². The molecule has 150 valence electrons. The summed E-state index contributed by atoms with van der Waals surface area (Å²) in [5.74, 6) is 0. The van der Waals surface area contributed by atoms with E-state index < -0.39 is 22.8 Å². The van der Waals surface area contributed by atoms with Crippen LogP contribution in [0.4, 0.5) is 0 Å². The average molecular weight is 438 g/mol. The zero-order valence-corrected chi connectivity index (χ0v) is 19.7. The van der Waals surface area contributed by atoms with Crippen LogP contribution in [0.25, 0.3) is 0 Å². The zero-order chi connectivity index (χ0) is 19.9. The minimum Gasteiger partial charge on any atom is -0.779 e. The van der Waals surface area contributed by atoms with Gasteiger partial charge in [-0.25, -0.2) is 0 Å². The molecule has 13 heteroatoms. The maximum Gasteiger partial charge on any atom is 3.00 e. The fourth-order valence-corrected chi connectivity index (χ4v) is 2.59. The summed E-state index contributed by atoms with van der Waals surface area (Å²) in [6.45, 7) is 10.4. The molecule has 0 aromatic rings. The summed E-state index contributed by atoms with van der Waals surface area (Å²) in [5, 5.41) is 0. The van der Waals surface area contributed by atoms with Crippen LogP contribution < -0.4 is 14.7 Å². The van der Waals surface area contributed by atoms with Gasteiger partial charge in [-0.2, -0.15) is 0 Å². The van der Waals surface area contributed by atoms with E-state index in [2.05, 4.69) is 13.6 Å². The van der Waals surface area contributed by atoms with E-state index >= 15 is 0 Å². The Balaban J connectivity index is -0.000000130. The molecular formula is C12H30AlO9P3. The third kappa shape index (κ3) is 27.3. The number of hydrogen-bond acceptors (Lipinski definition) is 9. The van der Waals surface area contributed by atoms with Crippen molar-refractivity contribution < 1.29 is 41.9 Å². The van der Waals surface area contributed by atoms with Gasteiger partial charge < -0.3 is 41.9 Å². The molecular weight excluding hydrogens is 408 g/mol. The fraction of sp³-hybridized carbons (Fsp3) is 1.00. The molecule has 0 heterocycles. The molecule has 0 aromatic heterocycles. The Morgan fingerprint density at radius 1 is 0.560 bits per heavy atom. The first-order valence-corrected chi connectivity index (χ1v) is 12.9. The van der Waals surface area contributed by atoms with E-state index in [1.54, 1.807) is 41.5 Å². The molecule has 0 aromatic carbocycles. The van der Waals surface area contributed by atoms with Crippen LogP contribution in [-0.2, 0) is 27.3 Å². The van der Waals surface area contributed by atoms with Crippen LogP contribution in [0.3, 0.4) is 0 Å². The molecule has 25 heavy (non-hydrogen) atoms. The van der Waals surface area contributed by atoms with Gasteiger partial charge in [0.05, 0.1) is 19.8 Å². The van der Waals surface area contributed by atoms with Gasteiger partial charge in [-0.05, 0) is 20.8 Å². The van der Waals surface area contributed by atoms with Crippen molar-refractivity contribution in [2.75, 3.05) is 38.3 Å². The maximum absolute atomic E-state index is 10.4. The van der Waals surface area contributed by atoms with Crippen molar-refractivity contribution in [2.45, 2.75) is 41.5 Å². The Kier molecular flexibility index (Phi) is 24.6. The molecule has 0 saturated heterocycles. The Morgan fingerprint density at radius 3 is 0.760 bits per heavy atom. The normalized spacial score (nSPS) is 17.2. The van der Waals surface area contributed by atoms with E-state index in [0.29, 0.717) is 0 Å². The van der Waals surface area contributed by atoms with Crippen LogP contribution in [0.15, 0.2) is 0 Å². The Bertz CT molecular complexity index is 372. The van der Waals surface area contributed by atoms with Gasteiger partial charge in [0.15, 0.2) is 0 Å². The smallest absolute Gasteiger partial charge is 0.779 e. The molecule has 0 rings (SSSR count). The first-order chi connectivity index (χ1) is 10.9. The predicted molar refractivity (Wildman–Crippen MR) is 95.1 cm³/mol. The van der Waals surface area contributed by atoms with E-state index in [4.69, 9.17) is 0 Å². The van der Waals surface area contributed by atoms with Crippen molar-refractivity contribution in [3.05, 3.63) is 0 Å². The Labute approximate surface area is 162 Å². The van der Waals surface area contributed by atoms with Crippen LogP contribution in [-0.4, -0.2) is 55.7 Å². The summed E-state index contributed by atoms with van der Waals surface area (Å²) in [7, 11) is -10.3. The van der Waals surface area contributed by atoms with Gasteiger partial charge in [-0.3, -0.25) is 0 Å². The molecule has 0 aliphatic rings. The molecule has 0 aliphatic heterocycles. The van der Waals surface area contributed by atoms with E-state index in [9.17, 15) is 28.4 Å². The van der Waals surface area contributed by atoms with Crippen molar-refractivity contribution in [1.29, 1.82) is 0 Å². The van der Waals surface area contributed by atoms with E-state index in [-0.39, 0.29) is 55.7 Å². The van der Waals surface area contributed by atoms with Crippen molar-refractivity contribution in [3.8, 4) is 0 Å². The first-order valence-electron chi connectivity index (χ1n) is 7.70. The Morgan fingerprint density at radius 2 is 0.720 bits per heavy atom. The van der Waals surface area contributed by atoms with Gasteiger partial charge in [-0.1, -0.05) is 20.8 Å². The SMILES string of the molecule is CCOP(=O)([O-])CC.CCOP(=O)([O-])CC.CCOP(=O)([O-])CC.[Al+3]. The first kappa shape index (κ1) is 33.6. The standard InChI is InChI=1S/3C4H11O3P.Al/c3*1-3-7-8(5,6)4-2;/h3*3-4H2,1-2H3,(H,5,6);/q;;;+3/p-3. The molecule has 0 fully saturated rings. The quantitative estimate of drug-likeness (QED) is 0.385. The van der Waals surface area contributed by atoms with E-state index in [1.165, 1.54) is 0 Å². The maximum atomic E-state index is 10.4. The van der Waals surface area contributed by atoms with E-state index in [0.717, 1.165) is 0 Å². The summed E-state index contributed by atoms with van der Waals surface area (Å²) in [6, 6.07) is 0. The molecule has 9 nitrogen and oxygen atoms in total. The van der Waals surface area contributed by atoms with Crippen molar-refractivity contribution in [2.24, 2.45) is 0 Å². The van der Waals surface area contributed by atoms with Gasteiger partial charge in [0.1, 0.15) is 22.8 Å². The molecule has 3 atom stereocenters. The molecule has 0 radical (unpaired) electrons. The minimum absolute atomic E-state index is 0. The number of hydrogen-bond donors (Lipinski definition) is 0. The largest absolute Gasteiger partial charge is 3.00 e. The molecule has 0 amide bonds. The molecule has 3 unspecified atom stereocenters. The van der Waals surface area contributed by atoms with Crippen LogP contribution in [0.1, 0.15) is 41.5 Å². The Hall–Kier alpha value is 0.982. The third-order valence-corrected chi connectivity index (χ3v) is 6.42. The zero-order valence-electron chi connectivity index (χ0n) is 15.8. The van der Waals surface area contributed by atoms with Gasteiger partial charge in [-0.15, -0.1) is 0 Å².